The third-order valence-corrected chi connectivity index (χ3v) is 7.63. The van der Waals surface area contributed by atoms with Crippen molar-refractivity contribution >= 4 is 35.1 Å². The summed E-state index contributed by atoms with van der Waals surface area (Å²) >= 11 is 1.83. The van der Waals surface area contributed by atoms with Gasteiger partial charge in [0.2, 0.25) is 5.95 Å². The van der Waals surface area contributed by atoms with E-state index in [1.54, 1.807) is 12.4 Å². The molecule has 200 valence electrons. The van der Waals surface area contributed by atoms with Gasteiger partial charge in [0.1, 0.15) is 0 Å². The van der Waals surface area contributed by atoms with Crippen molar-refractivity contribution in [1.82, 2.24) is 19.8 Å². The molecule has 4 rings (SSSR count). The number of anilines is 1. The summed E-state index contributed by atoms with van der Waals surface area (Å²) in [5.41, 5.74) is 0.976. The van der Waals surface area contributed by atoms with Crippen molar-refractivity contribution in [3.8, 4) is 0 Å². The van der Waals surface area contributed by atoms with Crippen LogP contribution in [0.25, 0.3) is 0 Å². The molecule has 0 radical (unpaired) electrons. The Hall–Kier alpha value is -3.31. The molecular formula is C26H35N5O5S. The molecule has 4 heterocycles. The van der Waals surface area contributed by atoms with Crippen molar-refractivity contribution in [2.24, 2.45) is 0 Å². The quantitative estimate of drug-likeness (QED) is 0.372. The monoisotopic (exact) mass is 529 g/mol. The first-order valence-electron chi connectivity index (χ1n) is 12.7. The maximum absolute atomic E-state index is 12.9. The van der Waals surface area contributed by atoms with Crippen LogP contribution in [0.3, 0.4) is 0 Å². The Morgan fingerprint density at radius 2 is 1.65 bits per heavy atom. The number of carbonyl (C=O) groups excluding carboxylic acids is 1. The van der Waals surface area contributed by atoms with Crippen molar-refractivity contribution < 1.29 is 24.6 Å². The van der Waals surface area contributed by atoms with Gasteiger partial charge < -0.3 is 20.0 Å². The Balaban J connectivity index is 0.000000414. The van der Waals surface area contributed by atoms with Crippen molar-refractivity contribution in [2.45, 2.75) is 39.0 Å². The Morgan fingerprint density at radius 3 is 2.27 bits per heavy atom. The van der Waals surface area contributed by atoms with Crippen LogP contribution in [0, 0.1) is 0 Å². The largest absolute Gasteiger partial charge is 0.478 e. The van der Waals surface area contributed by atoms with Crippen LogP contribution in [0.15, 0.2) is 36.7 Å². The molecule has 2 N–H and O–H groups in total. The molecule has 2 aliphatic rings. The van der Waals surface area contributed by atoms with Gasteiger partial charge in [-0.05, 0) is 50.8 Å². The van der Waals surface area contributed by atoms with E-state index >= 15 is 0 Å². The lowest BCUT2D eigenvalue weighted by Crippen LogP contribution is -2.47. The summed E-state index contributed by atoms with van der Waals surface area (Å²) < 4.78 is 0. The van der Waals surface area contributed by atoms with E-state index in [0.717, 1.165) is 89.4 Å². The second-order valence-corrected chi connectivity index (χ2v) is 10.1. The number of aryl methyl sites for hydroxylation is 2. The van der Waals surface area contributed by atoms with Gasteiger partial charge >= 0.3 is 11.9 Å². The van der Waals surface area contributed by atoms with Crippen molar-refractivity contribution in [2.75, 3.05) is 50.7 Å². The number of carboxylic acid groups (broad SMARTS) is 2. The first kappa shape index (κ1) is 28.3. The molecule has 10 nitrogen and oxygen atoms in total. The summed E-state index contributed by atoms with van der Waals surface area (Å²) in [6.45, 7) is 9.13. The van der Waals surface area contributed by atoms with Crippen molar-refractivity contribution in [1.29, 1.82) is 0 Å². The summed E-state index contributed by atoms with van der Waals surface area (Å²) in [6.07, 6.45) is 10.1. The highest BCUT2D eigenvalue weighted by Crippen LogP contribution is 2.28. The lowest BCUT2D eigenvalue weighted by Gasteiger charge is -2.34. The molecule has 2 aromatic heterocycles. The van der Waals surface area contributed by atoms with Crippen LogP contribution in [0.4, 0.5) is 5.95 Å². The average molecular weight is 530 g/mol. The third kappa shape index (κ3) is 8.94. The highest BCUT2D eigenvalue weighted by atomic mass is 32.1. The third-order valence-electron chi connectivity index (χ3n) is 6.29. The minimum atomic E-state index is -1.26. The highest BCUT2D eigenvalue weighted by molar-refractivity contribution is 7.12. The van der Waals surface area contributed by atoms with E-state index < -0.39 is 11.9 Å². The van der Waals surface area contributed by atoms with Crippen LogP contribution in [-0.2, 0) is 22.4 Å². The summed E-state index contributed by atoms with van der Waals surface area (Å²) in [5.74, 6) is -1.42. The van der Waals surface area contributed by atoms with E-state index in [0.29, 0.717) is 12.2 Å². The van der Waals surface area contributed by atoms with E-state index in [2.05, 4.69) is 37.7 Å². The standard InChI is InChI=1S/C22H31N5OS.C4H4O4/c1-2-18-17-19-20(29-18)7-5-12-26(21(19)28)11-4-3-10-25-13-15-27(16-14-25)22-23-8-6-9-24-22;5-3(6)1-2-4(7)8/h6,8-9,17H,2-5,7,10-16H2,1H3;1-2H,(H,5,6)(H,7,8). The van der Waals surface area contributed by atoms with Gasteiger partial charge in [0.05, 0.1) is 5.56 Å². The number of hydrogen-bond acceptors (Lipinski definition) is 8. The average Bonchev–Trinajstić information content (AvgIpc) is 3.27. The molecule has 0 bridgehead atoms. The first-order chi connectivity index (χ1) is 17.9. The smallest absolute Gasteiger partial charge is 0.328 e. The van der Waals surface area contributed by atoms with Crippen LogP contribution in [0.1, 0.15) is 46.3 Å². The van der Waals surface area contributed by atoms with Gasteiger partial charge in [-0.1, -0.05) is 6.92 Å². The Morgan fingerprint density at radius 1 is 1.00 bits per heavy atom. The molecule has 37 heavy (non-hydrogen) atoms. The number of fused-ring (bicyclic) bond motifs is 1. The normalized spacial score (nSPS) is 16.2. The molecule has 1 amide bonds. The first-order valence-corrected chi connectivity index (χ1v) is 13.5. The van der Waals surface area contributed by atoms with E-state index in [1.807, 2.05) is 17.4 Å². The fourth-order valence-electron chi connectivity index (χ4n) is 4.35. The molecule has 0 aromatic carbocycles. The zero-order valence-electron chi connectivity index (χ0n) is 21.2. The zero-order valence-corrected chi connectivity index (χ0v) is 22.0. The van der Waals surface area contributed by atoms with Gasteiger partial charge in [-0.25, -0.2) is 19.6 Å². The van der Waals surface area contributed by atoms with Gasteiger partial charge in [0.15, 0.2) is 0 Å². The molecule has 0 saturated carbocycles. The van der Waals surface area contributed by atoms with Crippen LogP contribution < -0.4 is 4.90 Å². The fraction of sp³-hybridized carbons (Fsp3) is 0.500. The summed E-state index contributed by atoms with van der Waals surface area (Å²) in [4.78, 5) is 50.3. The SMILES string of the molecule is CCc1cc2c(s1)CCCN(CCCCN1CCN(c3ncccn3)CC1)C2=O.O=C(O)C=CC(=O)O. The lowest BCUT2D eigenvalue weighted by molar-refractivity contribution is -0.134. The van der Waals surface area contributed by atoms with Gasteiger partial charge in [0, 0.05) is 73.6 Å². The Labute approximate surface area is 221 Å². The topological polar surface area (TPSA) is 127 Å². The molecule has 11 heteroatoms. The highest BCUT2D eigenvalue weighted by Gasteiger charge is 2.24. The molecule has 0 atom stereocenters. The molecule has 0 unspecified atom stereocenters. The van der Waals surface area contributed by atoms with Gasteiger partial charge in [0.25, 0.3) is 5.91 Å². The van der Waals surface area contributed by atoms with Gasteiger partial charge in [-0.3, -0.25) is 9.69 Å². The zero-order chi connectivity index (χ0) is 26.6. The van der Waals surface area contributed by atoms with E-state index in [1.165, 1.54) is 9.75 Å². The molecule has 1 fully saturated rings. The number of amides is 1. The summed E-state index contributed by atoms with van der Waals surface area (Å²) in [7, 11) is 0. The number of carboxylic acids is 2. The number of nitrogens with zero attached hydrogens (tertiary/aromatic N) is 5. The number of rotatable bonds is 9. The second kappa shape index (κ2) is 14.4. The minimum absolute atomic E-state index is 0.255. The van der Waals surface area contributed by atoms with Gasteiger partial charge in [-0.15, -0.1) is 11.3 Å². The summed E-state index contributed by atoms with van der Waals surface area (Å²) in [5, 5.41) is 15.6. The second-order valence-electron chi connectivity index (χ2n) is 8.89. The fourth-order valence-corrected chi connectivity index (χ4v) is 5.49. The maximum Gasteiger partial charge on any atom is 0.328 e. The number of aromatic nitrogens is 2. The number of unbranched alkanes of at least 4 members (excludes halogenated alkanes) is 1. The number of thiophene rings is 1. The van der Waals surface area contributed by atoms with Crippen molar-refractivity contribution in [3.05, 3.63) is 52.0 Å². The minimum Gasteiger partial charge on any atom is -0.478 e. The van der Waals surface area contributed by atoms with E-state index in [-0.39, 0.29) is 5.91 Å². The predicted octanol–water partition coefficient (Wildman–Crippen LogP) is 2.80. The Kier molecular flexibility index (Phi) is 11.0. The van der Waals surface area contributed by atoms with Crippen LogP contribution in [-0.4, -0.2) is 93.6 Å². The van der Waals surface area contributed by atoms with Crippen LogP contribution in [0.2, 0.25) is 0 Å². The molecule has 2 aromatic rings. The Bertz CT molecular complexity index is 1050. The number of piperazine rings is 1. The van der Waals surface area contributed by atoms with E-state index in [4.69, 9.17) is 10.2 Å². The molecule has 2 aliphatic heterocycles. The molecule has 0 aliphatic carbocycles. The van der Waals surface area contributed by atoms with E-state index in [9.17, 15) is 14.4 Å². The van der Waals surface area contributed by atoms with Gasteiger partial charge in [-0.2, -0.15) is 0 Å². The van der Waals surface area contributed by atoms with Crippen LogP contribution in [0.5, 0.6) is 0 Å². The predicted molar refractivity (Wildman–Crippen MR) is 142 cm³/mol. The number of carbonyl (C=O) groups is 3. The van der Waals surface area contributed by atoms with Crippen molar-refractivity contribution in [3.63, 3.8) is 0 Å². The number of aliphatic carboxylic acids is 2. The maximum atomic E-state index is 12.9. The molecule has 0 spiro atoms. The molecular weight excluding hydrogens is 494 g/mol. The van der Waals surface area contributed by atoms with Crippen LogP contribution >= 0.6 is 11.3 Å². The lowest BCUT2D eigenvalue weighted by atomic mass is 10.2. The molecule has 1 saturated heterocycles. The summed E-state index contributed by atoms with van der Waals surface area (Å²) in [6, 6.07) is 3.99. The number of hydrogen-bond donors (Lipinski definition) is 2.